The zero-order valence-electron chi connectivity index (χ0n) is 78.6. The van der Waals surface area contributed by atoms with Crippen LogP contribution in [0.5, 0.6) is 0 Å². The molecule has 0 heteroatoms. The Morgan fingerprint density at radius 1 is 0.260 bits per heavy atom. The number of allylic oxidation sites excluding steroid dienone is 14. The first-order valence-corrected chi connectivity index (χ1v) is 41.7. The van der Waals surface area contributed by atoms with Crippen molar-refractivity contribution in [2.45, 2.75) is 466 Å². The van der Waals surface area contributed by atoms with Crippen molar-refractivity contribution in [1.29, 1.82) is 0 Å². The highest BCUT2D eigenvalue weighted by Gasteiger charge is 2.49. The average Bonchev–Trinajstić information content (AvgIpc) is 1.61. The maximum atomic E-state index is 2.51. The monoisotopic (exact) mass is 1400 g/mol. The lowest BCUT2D eigenvalue weighted by Gasteiger charge is -2.39. The van der Waals surface area contributed by atoms with Crippen molar-refractivity contribution in [3.05, 3.63) is 85.1 Å². The lowest BCUT2D eigenvalue weighted by Crippen LogP contribution is -2.29. The summed E-state index contributed by atoms with van der Waals surface area (Å²) in [5.41, 5.74) is 7.18. The van der Waals surface area contributed by atoms with Crippen molar-refractivity contribution in [3.63, 3.8) is 0 Å². The van der Waals surface area contributed by atoms with E-state index in [1.165, 1.54) is 154 Å². The molecule has 100 heavy (non-hydrogen) atoms. The number of hydrogen-bond acceptors (Lipinski definition) is 0. The van der Waals surface area contributed by atoms with Crippen molar-refractivity contribution in [1.82, 2.24) is 0 Å². The van der Waals surface area contributed by atoms with Crippen LogP contribution in [0.2, 0.25) is 0 Å². The molecule has 0 spiro atoms. The Kier molecular flexibility index (Phi) is 53.7. The summed E-state index contributed by atoms with van der Waals surface area (Å²) in [6.45, 7) is 104. The van der Waals surface area contributed by atoms with Gasteiger partial charge >= 0.3 is 0 Å². The molecule has 0 aromatic carbocycles. The zero-order chi connectivity index (χ0) is 80.4. The molecule has 0 amide bonds. The molecule has 0 N–H and O–H groups in total. The Balaban J connectivity index is -0.000000258. The molecule has 0 radical (unpaired) electrons. The highest BCUT2D eigenvalue weighted by atomic mass is 14.5. The van der Waals surface area contributed by atoms with Crippen LogP contribution in [-0.2, 0) is 0 Å². The molecule has 1 atom stereocenters. The van der Waals surface area contributed by atoms with E-state index in [9.17, 15) is 0 Å². The van der Waals surface area contributed by atoms with Crippen molar-refractivity contribution in [3.8, 4) is 0 Å². The van der Waals surface area contributed by atoms with Crippen LogP contribution < -0.4 is 0 Å². The molecule has 0 heterocycles. The van der Waals surface area contributed by atoms with Gasteiger partial charge in [0, 0.05) is 0 Å². The van der Waals surface area contributed by atoms with Gasteiger partial charge in [-0.2, -0.15) is 0 Å². The standard InChI is InChI=1S/C16H30.C16H32.C15H30.C14H28.3C13H26/c1-14(2,3)10-8-7-9-11-16(12-13-16)15(4,5)6;1-14(2,3)12-10-9-11-13-16(7,8)15(4,5)6;1-13(15(5,6)7)11-9-8-10-12-14(2,3)4;1-13(2,3)11-9-7-8-10-12-14(4,5)6;3*1-12(2,3)10-8-7-9-11-13(4,5)6/h9,11H,7-8,10,12-13H2,1-6H3;10,12H,9,11,13H2,1-8H3;9,11,13H,8,10,12H2,1-7H3;7,9H,8,10-12H2,1-6H3;8,10H,7,9,11H2,1-6H3;2*7-8H,9-11H2,1-6H3/b11-9+;12-10+;11-9+;9-7+;10-8+;2*8-7+/t;;13-;;;;/m..0..../s1. The quantitative estimate of drug-likeness (QED) is 0.0631. The van der Waals surface area contributed by atoms with Gasteiger partial charge in [-0.25, -0.2) is 0 Å². The summed E-state index contributed by atoms with van der Waals surface area (Å²) in [6, 6.07) is 0. The van der Waals surface area contributed by atoms with E-state index >= 15 is 0 Å². The van der Waals surface area contributed by atoms with Gasteiger partial charge in [0.15, 0.2) is 0 Å². The first kappa shape index (κ1) is 109. The number of rotatable bonds is 25. The molecular weight excluding hydrogens is 1200 g/mol. The van der Waals surface area contributed by atoms with E-state index in [1.807, 2.05) is 0 Å². The Bertz CT molecular complexity index is 2100. The smallest absolute Gasteiger partial charge is 0.00691 e. The predicted octanol–water partition coefficient (Wildman–Crippen LogP) is 36.5. The second-order valence-corrected chi connectivity index (χ2v) is 48.2. The fourth-order valence-electron chi connectivity index (χ4n) is 9.81. The normalized spacial score (nSPS) is 15.4. The van der Waals surface area contributed by atoms with E-state index in [1.54, 1.807) is 0 Å². The van der Waals surface area contributed by atoms with Crippen LogP contribution in [0.3, 0.4) is 0 Å². The summed E-state index contributed by atoms with van der Waals surface area (Å²) < 4.78 is 0. The average molecular weight is 1400 g/mol. The Labute approximate surface area is 639 Å². The molecule has 0 bridgehead atoms. The SMILES string of the molecule is CC(C)(C)/C=C/CCCC(C)(C)C.CC(C)(C)/C=C/CCCC(C)(C)C(C)(C)C.CC(C)(C)C/C=C/CCC(C)(C)C.CC(C)(C)C/C=C/CCC(C)(C)C.CC(C)(C)C/C=C/CCCC(C)(C)C.CC(C)(C)CCC/C=C/C1(C(C)(C)C)CC1.C[C@@H](/C=C/CCCC(C)(C)C)C(C)(C)C. The molecule has 598 valence electrons. The summed E-state index contributed by atoms with van der Waals surface area (Å²) in [7, 11) is 0. The van der Waals surface area contributed by atoms with E-state index in [4.69, 9.17) is 0 Å². The van der Waals surface area contributed by atoms with Gasteiger partial charge in [0.1, 0.15) is 0 Å². The minimum Gasteiger partial charge on any atom is -0.0885 e. The summed E-state index contributed by atoms with van der Waals surface area (Å²) >= 11 is 0. The second-order valence-electron chi connectivity index (χ2n) is 48.2. The van der Waals surface area contributed by atoms with Crippen molar-refractivity contribution >= 4 is 0 Å². The lowest BCUT2D eigenvalue weighted by molar-refractivity contribution is 0.117. The van der Waals surface area contributed by atoms with E-state index in [0.717, 1.165) is 0 Å². The second kappa shape index (κ2) is 49.2. The van der Waals surface area contributed by atoms with E-state index < -0.39 is 0 Å². The molecule has 1 aliphatic carbocycles. The Hall–Kier alpha value is -1.82. The first-order chi connectivity index (χ1) is 44.1. The molecule has 0 aromatic rings. The number of unbranched alkanes of at least 4 members (excludes halogenated alkanes) is 5. The Morgan fingerprint density at radius 3 is 0.740 bits per heavy atom. The molecule has 0 nitrogen and oxygen atoms in total. The molecule has 0 aromatic heterocycles. The Morgan fingerprint density at radius 2 is 0.510 bits per heavy atom. The number of hydrogen-bond donors (Lipinski definition) is 0. The maximum Gasteiger partial charge on any atom is -0.00691 e. The summed E-state index contributed by atoms with van der Waals surface area (Å²) in [4.78, 5) is 0. The maximum absolute atomic E-state index is 2.51. The summed E-state index contributed by atoms with van der Waals surface area (Å²) in [5, 5.41) is 0. The van der Waals surface area contributed by atoms with Gasteiger partial charge < -0.3 is 0 Å². The van der Waals surface area contributed by atoms with Crippen LogP contribution in [-0.4, -0.2) is 0 Å². The fourth-order valence-corrected chi connectivity index (χ4v) is 9.81. The zero-order valence-corrected chi connectivity index (χ0v) is 78.6. The van der Waals surface area contributed by atoms with E-state index in [2.05, 4.69) is 397 Å². The first-order valence-electron chi connectivity index (χ1n) is 41.7. The van der Waals surface area contributed by atoms with Gasteiger partial charge in [0.2, 0.25) is 0 Å². The lowest BCUT2D eigenvalue weighted by atomic mass is 9.67. The van der Waals surface area contributed by atoms with Crippen LogP contribution in [0, 0.1) is 92.6 Å². The highest BCUT2D eigenvalue weighted by molar-refractivity contribution is 5.14. The van der Waals surface area contributed by atoms with Crippen molar-refractivity contribution in [2.75, 3.05) is 0 Å². The minimum absolute atomic E-state index is 0.333. The van der Waals surface area contributed by atoms with Crippen molar-refractivity contribution in [2.24, 2.45) is 92.6 Å². The third-order valence-electron chi connectivity index (χ3n) is 19.0. The molecule has 0 unspecified atom stereocenters. The topological polar surface area (TPSA) is 0 Å². The third-order valence-corrected chi connectivity index (χ3v) is 19.0. The molecule has 1 saturated carbocycles. The van der Waals surface area contributed by atoms with Crippen LogP contribution >= 0.6 is 0 Å². The van der Waals surface area contributed by atoms with Crippen LogP contribution in [0.15, 0.2) is 85.1 Å². The van der Waals surface area contributed by atoms with Crippen LogP contribution in [0.4, 0.5) is 0 Å². The van der Waals surface area contributed by atoms with E-state index in [-0.39, 0.29) is 0 Å². The fraction of sp³-hybridized carbons (Fsp3) is 0.860. The molecular formula is C100H198. The van der Waals surface area contributed by atoms with Gasteiger partial charge in [-0.1, -0.05) is 397 Å². The highest BCUT2D eigenvalue weighted by Crippen LogP contribution is 2.59. The van der Waals surface area contributed by atoms with Crippen LogP contribution in [0.25, 0.3) is 0 Å². The van der Waals surface area contributed by atoms with Gasteiger partial charge in [-0.05, 0) is 247 Å². The summed E-state index contributed by atoms with van der Waals surface area (Å²) in [6.07, 6.45) is 63.8. The van der Waals surface area contributed by atoms with Crippen molar-refractivity contribution < 1.29 is 0 Å². The van der Waals surface area contributed by atoms with Gasteiger partial charge in [-0.3, -0.25) is 0 Å². The predicted molar refractivity (Wildman–Crippen MR) is 473 cm³/mol. The third kappa shape index (κ3) is 92.3. The van der Waals surface area contributed by atoms with Crippen LogP contribution in [0.1, 0.15) is 466 Å². The van der Waals surface area contributed by atoms with Gasteiger partial charge in [0.05, 0.1) is 0 Å². The van der Waals surface area contributed by atoms with E-state index in [0.29, 0.717) is 92.6 Å². The van der Waals surface area contributed by atoms with Gasteiger partial charge in [0.25, 0.3) is 0 Å². The largest absolute Gasteiger partial charge is 0.0885 e. The molecule has 1 fully saturated rings. The molecule has 1 rings (SSSR count). The molecule has 0 aliphatic heterocycles. The van der Waals surface area contributed by atoms with Gasteiger partial charge in [-0.15, -0.1) is 0 Å². The minimum atomic E-state index is 0.333. The molecule has 0 saturated heterocycles. The summed E-state index contributed by atoms with van der Waals surface area (Å²) in [5.74, 6) is 0.673. The molecule has 1 aliphatic rings.